The Labute approximate surface area is 126 Å². The summed E-state index contributed by atoms with van der Waals surface area (Å²) >= 11 is 3.33. The molecule has 0 atom stereocenters. The molecule has 0 aliphatic carbocycles. The molecule has 2 aromatic carbocycles. The SMILES string of the molecule is Cc1cccc(CC(=O)Nc2cc(Br)ccc2C#N)c1. The molecule has 0 aliphatic rings. The van der Waals surface area contributed by atoms with Crippen LogP contribution in [0, 0.1) is 18.3 Å². The molecule has 1 amide bonds. The van der Waals surface area contributed by atoms with Crippen LogP contribution < -0.4 is 5.32 Å². The average Bonchev–Trinajstić information content (AvgIpc) is 2.38. The van der Waals surface area contributed by atoms with E-state index in [0.717, 1.165) is 15.6 Å². The van der Waals surface area contributed by atoms with Gasteiger partial charge in [0, 0.05) is 4.47 Å². The van der Waals surface area contributed by atoms with Crippen molar-refractivity contribution in [1.29, 1.82) is 5.26 Å². The zero-order valence-electron chi connectivity index (χ0n) is 11.0. The lowest BCUT2D eigenvalue weighted by molar-refractivity contribution is -0.115. The second-order valence-electron chi connectivity index (χ2n) is 4.52. The number of hydrogen-bond donors (Lipinski definition) is 1. The van der Waals surface area contributed by atoms with Gasteiger partial charge < -0.3 is 5.32 Å². The largest absolute Gasteiger partial charge is 0.325 e. The lowest BCUT2D eigenvalue weighted by Gasteiger charge is -2.08. The van der Waals surface area contributed by atoms with Crippen LogP contribution in [0.15, 0.2) is 46.9 Å². The van der Waals surface area contributed by atoms with E-state index in [9.17, 15) is 4.79 Å². The van der Waals surface area contributed by atoms with Gasteiger partial charge in [0.25, 0.3) is 0 Å². The molecule has 0 fully saturated rings. The van der Waals surface area contributed by atoms with Gasteiger partial charge >= 0.3 is 0 Å². The summed E-state index contributed by atoms with van der Waals surface area (Å²) in [5, 5.41) is 11.8. The van der Waals surface area contributed by atoms with Crippen molar-refractivity contribution in [3.05, 3.63) is 63.6 Å². The normalized spacial score (nSPS) is 9.85. The molecule has 0 aromatic heterocycles. The Morgan fingerprint density at radius 3 is 2.80 bits per heavy atom. The van der Waals surface area contributed by atoms with E-state index in [1.165, 1.54) is 0 Å². The highest BCUT2D eigenvalue weighted by Gasteiger charge is 2.08. The van der Waals surface area contributed by atoms with E-state index in [0.29, 0.717) is 17.7 Å². The quantitative estimate of drug-likeness (QED) is 0.931. The van der Waals surface area contributed by atoms with E-state index >= 15 is 0 Å². The minimum Gasteiger partial charge on any atom is -0.325 e. The van der Waals surface area contributed by atoms with Gasteiger partial charge in [0.15, 0.2) is 0 Å². The number of anilines is 1. The van der Waals surface area contributed by atoms with Gasteiger partial charge in [0.2, 0.25) is 5.91 Å². The van der Waals surface area contributed by atoms with Gasteiger partial charge in [-0.2, -0.15) is 5.26 Å². The van der Waals surface area contributed by atoms with Crippen molar-refractivity contribution < 1.29 is 4.79 Å². The summed E-state index contributed by atoms with van der Waals surface area (Å²) in [6.45, 7) is 1.99. The fraction of sp³-hybridized carbons (Fsp3) is 0.125. The molecule has 0 heterocycles. The maximum Gasteiger partial charge on any atom is 0.228 e. The summed E-state index contributed by atoms with van der Waals surface area (Å²) < 4.78 is 0.822. The molecule has 0 unspecified atom stereocenters. The first kappa shape index (κ1) is 14.3. The first-order valence-electron chi connectivity index (χ1n) is 6.13. The third-order valence-electron chi connectivity index (χ3n) is 2.82. The zero-order valence-corrected chi connectivity index (χ0v) is 12.6. The molecular weight excluding hydrogens is 316 g/mol. The fourth-order valence-corrected chi connectivity index (χ4v) is 2.28. The Morgan fingerprint density at radius 1 is 1.30 bits per heavy atom. The van der Waals surface area contributed by atoms with Crippen molar-refractivity contribution in [2.45, 2.75) is 13.3 Å². The van der Waals surface area contributed by atoms with Gasteiger partial charge in [-0.3, -0.25) is 4.79 Å². The van der Waals surface area contributed by atoms with Crippen molar-refractivity contribution >= 4 is 27.5 Å². The number of nitrogens with zero attached hydrogens (tertiary/aromatic N) is 1. The van der Waals surface area contributed by atoms with Gasteiger partial charge in [-0.05, 0) is 30.7 Å². The van der Waals surface area contributed by atoms with Crippen LogP contribution in [0.25, 0.3) is 0 Å². The van der Waals surface area contributed by atoms with Crippen LogP contribution in [0.1, 0.15) is 16.7 Å². The second kappa shape index (κ2) is 6.36. The number of nitriles is 1. The van der Waals surface area contributed by atoms with Gasteiger partial charge in [0.1, 0.15) is 6.07 Å². The monoisotopic (exact) mass is 328 g/mol. The number of nitrogens with one attached hydrogen (secondary N) is 1. The Kier molecular flexibility index (Phi) is 4.54. The van der Waals surface area contributed by atoms with Crippen LogP contribution in [0.5, 0.6) is 0 Å². The summed E-state index contributed by atoms with van der Waals surface area (Å²) in [5.74, 6) is -0.134. The average molecular weight is 329 g/mol. The molecule has 20 heavy (non-hydrogen) atoms. The number of carbonyl (C=O) groups excluding carboxylic acids is 1. The highest BCUT2D eigenvalue weighted by Crippen LogP contribution is 2.21. The van der Waals surface area contributed by atoms with E-state index in [1.54, 1.807) is 18.2 Å². The Morgan fingerprint density at radius 2 is 2.10 bits per heavy atom. The highest BCUT2D eigenvalue weighted by molar-refractivity contribution is 9.10. The summed E-state index contributed by atoms with van der Waals surface area (Å²) in [6.07, 6.45) is 0.291. The number of hydrogen-bond acceptors (Lipinski definition) is 2. The standard InChI is InChI=1S/C16H13BrN2O/c1-11-3-2-4-12(7-11)8-16(20)19-15-9-14(17)6-5-13(15)10-18/h2-7,9H,8H2,1H3,(H,19,20). The van der Waals surface area contributed by atoms with Crippen LogP contribution in [0.4, 0.5) is 5.69 Å². The van der Waals surface area contributed by atoms with Crippen LogP contribution in [-0.4, -0.2) is 5.91 Å². The Hall–Kier alpha value is -2.12. The topological polar surface area (TPSA) is 52.9 Å². The molecular formula is C16H13BrN2O. The summed E-state index contributed by atoms with van der Waals surface area (Å²) in [4.78, 5) is 12.0. The molecule has 0 bridgehead atoms. The molecule has 100 valence electrons. The van der Waals surface area contributed by atoms with Crippen LogP contribution in [0.3, 0.4) is 0 Å². The molecule has 1 N–H and O–H groups in total. The molecule has 0 aliphatic heterocycles. The molecule has 4 heteroatoms. The highest BCUT2D eigenvalue weighted by atomic mass is 79.9. The molecule has 0 radical (unpaired) electrons. The van der Waals surface area contributed by atoms with Crippen molar-refractivity contribution in [3.63, 3.8) is 0 Å². The lowest BCUT2D eigenvalue weighted by atomic mass is 10.1. The van der Waals surface area contributed by atoms with Gasteiger partial charge in [0.05, 0.1) is 17.7 Å². The summed E-state index contributed by atoms with van der Waals surface area (Å²) in [6, 6.07) is 15.1. The van der Waals surface area contributed by atoms with E-state index < -0.39 is 0 Å². The molecule has 0 spiro atoms. The third-order valence-corrected chi connectivity index (χ3v) is 3.32. The second-order valence-corrected chi connectivity index (χ2v) is 5.43. The minimum atomic E-state index is -0.134. The smallest absolute Gasteiger partial charge is 0.228 e. The van der Waals surface area contributed by atoms with Crippen molar-refractivity contribution in [2.24, 2.45) is 0 Å². The molecule has 3 nitrogen and oxygen atoms in total. The van der Waals surface area contributed by atoms with Crippen LogP contribution in [0.2, 0.25) is 0 Å². The zero-order chi connectivity index (χ0) is 14.5. The molecule has 2 aromatic rings. The van der Waals surface area contributed by atoms with E-state index in [4.69, 9.17) is 5.26 Å². The van der Waals surface area contributed by atoms with E-state index in [1.807, 2.05) is 31.2 Å². The maximum absolute atomic E-state index is 12.0. The van der Waals surface area contributed by atoms with Crippen LogP contribution in [-0.2, 0) is 11.2 Å². The predicted octanol–water partition coefficient (Wildman–Crippen LogP) is 3.81. The number of halogens is 1. The van der Waals surface area contributed by atoms with Gasteiger partial charge in [-0.15, -0.1) is 0 Å². The van der Waals surface area contributed by atoms with Gasteiger partial charge in [-0.25, -0.2) is 0 Å². The molecule has 2 rings (SSSR count). The van der Waals surface area contributed by atoms with Crippen molar-refractivity contribution in [1.82, 2.24) is 0 Å². The molecule has 0 saturated heterocycles. The van der Waals surface area contributed by atoms with Crippen molar-refractivity contribution in [2.75, 3.05) is 5.32 Å². The van der Waals surface area contributed by atoms with Crippen LogP contribution >= 0.6 is 15.9 Å². The number of carbonyl (C=O) groups is 1. The van der Waals surface area contributed by atoms with Crippen molar-refractivity contribution in [3.8, 4) is 6.07 Å². The lowest BCUT2D eigenvalue weighted by Crippen LogP contribution is -2.15. The number of aryl methyl sites for hydroxylation is 1. The first-order chi connectivity index (χ1) is 9.58. The van der Waals surface area contributed by atoms with E-state index in [-0.39, 0.29) is 5.91 Å². The fourth-order valence-electron chi connectivity index (χ4n) is 1.92. The molecule has 0 saturated carbocycles. The number of rotatable bonds is 3. The van der Waals surface area contributed by atoms with E-state index in [2.05, 4.69) is 27.3 Å². The Bertz CT molecular complexity index is 689. The Balaban J connectivity index is 2.13. The number of amides is 1. The first-order valence-corrected chi connectivity index (χ1v) is 6.93. The maximum atomic E-state index is 12.0. The number of benzene rings is 2. The predicted molar refractivity (Wildman–Crippen MR) is 82.4 cm³/mol. The minimum absolute atomic E-state index is 0.134. The summed E-state index contributed by atoms with van der Waals surface area (Å²) in [7, 11) is 0. The van der Waals surface area contributed by atoms with Gasteiger partial charge in [-0.1, -0.05) is 45.8 Å². The summed E-state index contributed by atoms with van der Waals surface area (Å²) in [5.41, 5.74) is 3.05. The third kappa shape index (κ3) is 3.69.